The highest BCUT2D eigenvalue weighted by molar-refractivity contribution is 5.91. The molecule has 2 aromatic heterocycles. The largest absolute Gasteiger partial charge is 0.497 e. The quantitative estimate of drug-likeness (QED) is 0.451. The zero-order valence-corrected chi connectivity index (χ0v) is 19.0. The number of hydrogen-bond donors (Lipinski definition) is 2. The number of benzene rings is 2. The number of H-pyrrole nitrogens is 1. The van der Waals surface area contributed by atoms with Crippen molar-refractivity contribution >= 4 is 28.7 Å². The van der Waals surface area contributed by atoms with E-state index in [2.05, 4.69) is 30.4 Å². The van der Waals surface area contributed by atoms with E-state index < -0.39 is 0 Å². The highest BCUT2D eigenvalue weighted by Gasteiger charge is 2.27. The normalized spacial score (nSPS) is 15.8. The second-order valence-corrected chi connectivity index (χ2v) is 8.10. The SMILES string of the molecule is COc1cc(OC)cc(-c2nc(NC(=O)[C@H]3CCCN(c4cnc5ccccc5n4)C3)n[nH]2)c1. The first-order valence-electron chi connectivity index (χ1n) is 11.1. The maximum atomic E-state index is 13.0. The van der Waals surface area contributed by atoms with Gasteiger partial charge in [0.05, 0.1) is 37.4 Å². The van der Waals surface area contributed by atoms with Crippen LogP contribution in [0.1, 0.15) is 12.8 Å². The van der Waals surface area contributed by atoms with Gasteiger partial charge in [-0.2, -0.15) is 4.98 Å². The fraction of sp³-hybridized carbons (Fsp3) is 0.292. The first-order valence-corrected chi connectivity index (χ1v) is 11.1. The molecule has 1 amide bonds. The molecule has 1 atom stereocenters. The molecule has 34 heavy (non-hydrogen) atoms. The third kappa shape index (κ3) is 4.47. The summed E-state index contributed by atoms with van der Waals surface area (Å²) < 4.78 is 10.6. The first-order chi connectivity index (χ1) is 16.6. The van der Waals surface area contributed by atoms with Crippen molar-refractivity contribution in [1.29, 1.82) is 0 Å². The molecule has 1 fully saturated rings. The minimum atomic E-state index is -0.208. The number of hydrogen-bond acceptors (Lipinski definition) is 8. The summed E-state index contributed by atoms with van der Waals surface area (Å²) in [5, 5.41) is 9.88. The van der Waals surface area contributed by atoms with Crippen LogP contribution in [0.5, 0.6) is 11.5 Å². The lowest BCUT2D eigenvalue weighted by Gasteiger charge is -2.32. The van der Waals surface area contributed by atoms with Crippen LogP contribution in [0.15, 0.2) is 48.7 Å². The van der Waals surface area contributed by atoms with Crippen molar-refractivity contribution in [2.24, 2.45) is 5.92 Å². The lowest BCUT2D eigenvalue weighted by atomic mass is 9.97. The zero-order valence-electron chi connectivity index (χ0n) is 19.0. The fourth-order valence-corrected chi connectivity index (χ4v) is 4.10. The summed E-state index contributed by atoms with van der Waals surface area (Å²) in [5.41, 5.74) is 2.43. The number of amides is 1. The number of carbonyl (C=O) groups is 1. The van der Waals surface area contributed by atoms with Gasteiger partial charge in [0.15, 0.2) is 5.82 Å². The van der Waals surface area contributed by atoms with E-state index in [9.17, 15) is 4.79 Å². The summed E-state index contributed by atoms with van der Waals surface area (Å²) in [6.45, 7) is 1.39. The van der Waals surface area contributed by atoms with Crippen molar-refractivity contribution in [2.75, 3.05) is 37.5 Å². The molecule has 0 radical (unpaired) electrons. The minimum absolute atomic E-state index is 0.118. The molecule has 3 heterocycles. The van der Waals surface area contributed by atoms with E-state index in [1.165, 1.54) is 0 Å². The summed E-state index contributed by atoms with van der Waals surface area (Å²) >= 11 is 0. The average molecular weight is 460 g/mol. The van der Waals surface area contributed by atoms with E-state index in [0.717, 1.165) is 41.8 Å². The van der Waals surface area contributed by atoms with Crippen LogP contribution in [0.2, 0.25) is 0 Å². The second kappa shape index (κ2) is 9.34. The van der Waals surface area contributed by atoms with E-state index >= 15 is 0 Å². The summed E-state index contributed by atoms with van der Waals surface area (Å²) in [6, 6.07) is 13.2. The molecule has 0 unspecified atom stereocenters. The number of piperidine rings is 1. The van der Waals surface area contributed by atoms with Crippen molar-refractivity contribution < 1.29 is 14.3 Å². The summed E-state index contributed by atoms with van der Waals surface area (Å²) in [6.07, 6.45) is 3.44. The number of fused-ring (bicyclic) bond motifs is 1. The van der Waals surface area contributed by atoms with Crippen LogP contribution in [0.3, 0.4) is 0 Å². The molecule has 174 valence electrons. The fourth-order valence-electron chi connectivity index (χ4n) is 4.10. The lowest BCUT2D eigenvalue weighted by molar-refractivity contribution is -0.120. The Bertz CT molecular complexity index is 1300. The molecule has 0 saturated carbocycles. The van der Waals surface area contributed by atoms with E-state index in [-0.39, 0.29) is 17.8 Å². The molecular weight excluding hydrogens is 434 g/mol. The Hall–Kier alpha value is -4.21. The molecule has 10 heteroatoms. The molecule has 1 saturated heterocycles. The van der Waals surface area contributed by atoms with Gasteiger partial charge in [-0.05, 0) is 37.1 Å². The number of carbonyl (C=O) groups excluding carboxylic acids is 1. The highest BCUT2D eigenvalue weighted by atomic mass is 16.5. The van der Waals surface area contributed by atoms with Gasteiger partial charge in [0.2, 0.25) is 11.9 Å². The number of nitrogens with one attached hydrogen (secondary N) is 2. The first kappa shape index (κ1) is 21.6. The van der Waals surface area contributed by atoms with Crippen LogP contribution in [-0.2, 0) is 4.79 Å². The van der Waals surface area contributed by atoms with Crippen LogP contribution >= 0.6 is 0 Å². The molecule has 1 aliphatic rings. The number of para-hydroxylation sites is 2. The van der Waals surface area contributed by atoms with Crippen molar-refractivity contribution in [3.63, 3.8) is 0 Å². The third-order valence-electron chi connectivity index (χ3n) is 5.90. The van der Waals surface area contributed by atoms with Gasteiger partial charge in [0.25, 0.3) is 0 Å². The number of ether oxygens (including phenoxy) is 2. The maximum absolute atomic E-state index is 13.0. The smallest absolute Gasteiger partial charge is 0.249 e. The van der Waals surface area contributed by atoms with Gasteiger partial charge in [0, 0.05) is 24.7 Å². The van der Waals surface area contributed by atoms with Gasteiger partial charge >= 0.3 is 0 Å². The van der Waals surface area contributed by atoms with Crippen LogP contribution in [0.25, 0.3) is 22.4 Å². The third-order valence-corrected chi connectivity index (χ3v) is 5.90. The number of anilines is 2. The Balaban J connectivity index is 1.28. The van der Waals surface area contributed by atoms with Crippen LogP contribution in [-0.4, -0.2) is 58.4 Å². The van der Waals surface area contributed by atoms with Gasteiger partial charge in [-0.3, -0.25) is 20.2 Å². The van der Waals surface area contributed by atoms with Gasteiger partial charge in [-0.1, -0.05) is 12.1 Å². The molecule has 1 aliphatic heterocycles. The van der Waals surface area contributed by atoms with Crippen molar-refractivity contribution in [3.05, 3.63) is 48.7 Å². The van der Waals surface area contributed by atoms with E-state index in [1.54, 1.807) is 26.5 Å². The Kier molecular flexibility index (Phi) is 5.94. The van der Waals surface area contributed by atoms with Gasteiger partial charge < -0.3 is 14.4 Å². The average Bonchev–Trinajstić information content (AvgIpc) is 3.36. The molecule has 2 aromatic carbocycles. The lowest BCUT2D eigenvalue weighted by Crippen LogP contribution is -2.41. The van der Waals surface area contributed by atoms with E-state index in [1.807, 2.05) is 36.4 Å². The molecule has 2 N–H and O–H groups in total. The number of nitrogens with zero attached hydrogens (tertiary/aromatic N) is 5. The number of aromatic amines is 1. The standard InChI is InChI=1S/C24H25N7O3/c1-33-17-10-16(11-18(12-17)34-2)22-27-24(30-29-22)28-23(32)15-6-5-9-31(14-15)21-13-25-19-7-3-4-8-20(19)26-21/h3-4,7-8,10-13,15H,5-6,9,14H2,1-2H3,(H2,27,28,29,30,32)/t15-/m0/s1. The van der Waals surface area contributed by atoms with E-state index in [0.29, 0.717) is 23.9 Å². The molecule has 4 aromatic rings. The predicted molar refractivity (Wildman–Crippen MR) is 128 cm³/mol. The maximum Gasteiger partial charge on any atom is 0.249 e. The van der Waals surface area contributed by atoms with Crippen LogP contribution in [0.4, 0.5) is 11.8 Å². The molecule has 10 nitrogen and oxygen atoms in total. The molecular formula is C24H25N7O3. The Morgan fingerprint density at radius 3 is 2.62 bits per heavy atom. The molecule has 0 aliphatic carbocycles. The minimum Gasteiger partial charge on any atom is -0.497 e. The van der Waals surface area contributed by atoms with Crippen molar-refractivity contribution in [1.82, 2.24) is 25.1 Å². The zero-order chi connectivity index (χ0) is 23.5. The monoisotopic (exact) mass is 459 g/mol. The molecule has 5 rings (SSSR count). The second-order valence-electron chi connectivity index (χ2n) is 8.10. The Labute approximate surface area is 196 Å². The highest BCUT2D eigenvalue weighted by Crippen LogP contribution is 2.28. The Morgan fingerprint density at radius 1 is 1.09 bits per heavy atom. The van der Waals surface area contributed by atoms with Crippen molar-refractivity contribution in [3.8, 4) is 22.9 Å². The van der Waals surface area contributed by atoms with Crippen LogP contribution in [0, 0.1) is 5.92 Å². The van der Waals surface area contributed by atoms with E-state index in [4.69, 9.17) is 14.5 Å². The Morgan fingerprint density at radius 2 is 1.85 bits per heavy atom. The number of methoxy groups -OCH3 is 2. The van der Waals surface area contributed by atoms with Gasteiger partial charge in [0.1, 0.15) is 17.3 Å². The van der Waals surface area contributed by atoms with Gasteiger partial charge in [-0.25, -0.2) is 4.98 Å². The summed E-state index contributed by atoms with van der Waals surface area (Å²) in [4.78, 5) is 28.8. The summed E-state index contributed by atoms with van der Waals surface area (Å²) in [7, 11) is 3.17. The molecule has 0 spiro atoms. The summed E-state index contributed by atoms with van der Waals surface area (Å²) in [5.74, 6) is 2.45. The molecule has 0 bridgehead atoms. The van der Waals surface area contributed by atoms with Gasteiger partial charge in [-0.15, -0.1) is 5.10 Å². The predicted octanol–water partition coefficient (Wildman–Crippen LogP) is 3.29. The number of rotatable bonds is 6. The number of aromatic nitrogens is 5. The van der Waals surface area contributed by atoms with Crippen LogP contribution < -0.4 is 19.7 Å². The topological polar surface area (TPSA) is 118 Å². The van der Waals surface area contributed by atoms with Crippen molar-refractivity contribution in [2.45, 2.75) is 12.8 Å².